The lowest BCUT2D eigenvalue weighted by molar-refractivity contribution is 0.0526. The zero-order valence-corrected chi connectivity index (χ0v) is 13.4. The molecule has 4 heteroatoms. The predicted octanol–water partition coefficient (Wildman–Crippen LogP) is 4.35. The Morgan fingerprint density at radius 3 is 2.27 bits per heavy atom. The average Bonchev–Trinajstić information content (AvgIpc) is 2.48. The summed E-state index contributed by atoms with van der Waals surface area (Å²) in [4.78, 5) is 15.7. The second-order valence-electron chi connectivity index (χ2n) is 5.98. The third kappa shape index (κ3) is 4.07. The highest BCUT2D eigenvalue weighted by Gasteiger charge is 2.13. The molecule has 116 valence electrons. The molecule has 0 aliphatic carbocycles. The number of esters is 1. The van der Waals surface area contributed by atoms with Crippen molar-refractivity contribution in [2.24, 2.45) is 0 Å². The summed E-state index contributed by atoms with van der Waals surface area (Å²) in [5.74, 6) is 0.775. The van der Waals surface area contributed by atoms with Gasteiger partial charge in [0.1, 0.15) is 5.75 Å². The van der Waals surface area contributed by atoms with Crippen LogP contribution in [0, 0.1) is 0 Å². The fourth-order valence-electron chi connectivity index (χ4n) is 1.92. The lowest BCUT2D eigenvalue weighted by Crippen LogP contribution is -2.10. The molecule has 0 aliphatic rings. The summed E-state index contributed by atoms with van der Waals surface area (Å²) in [6.07, 6.45) is 1.46. The molecule has 0 N–H and O–H groups in total. The second-order valence-corrected chi connectivity index (χ2v) is 5.98. The molecule has 0 fully saturated rings. The Kier molecular flexibility index (Phi) is 4.81. The van der Waals surface area contributed by atoms with Crippen LogP contribution in [0.4, 0.5) is 0 Å². The van der Waals surface area contributed by atoms with Crippen LogP contribution >= 0.6 is 0 Å². The van der Waals surface area contributed by atoms with Crippen LogP contribution in [0.3, 0.4) is 0 Å². The van der Waals surface area contributed by atoms with Crippen LogP contribution in [-0.4, -0.2) is 17.6 Å². The van der Waals surface area contributed by atoms with Crippen LogP contribution in [0.5, 0.6) is 11.6 Å². The number of benzene rings is 1. The highest BCUT2D eigenvalue weighted by Crippen LogP contribution is 2.26. The number of hydrogen-bond acceptors (Lipinski definition) is 4. The van der Waals surface area contributed by atoms with Gasteiger partial charge >= 0.3 is 5.97 Å². The summed E-state index contributed by atoms with van der Waals surface area (Å²) < 4.78 is 10.6. The monoisotopic (exact) mass is 299 g/mol. The van der Waals surface area contributed by atoms with E-state index in [0.29, 0.717) is 23.8 Å². The van der Waals surface area contributed by atoms with Gasteiger partial charge in [-0.1, -0.05) is 32.9 Å². The molecule has 0 amide bonds. The Bertz CT molecular complexity index is 625. The van der Waals surface area contributed by atoms with E-state index in [1.165, 1.54) is 11.8 Å². The van der Waals surface area contributed by atoms with Gasteiger partial charge < -0.3 is 9.47 Å². The quantitative estimate of drug-likeness (QED) is 0.788. The number of nitrogens with zero attached hydrogens (tertiary/aromatic N) is 1. The molecular formula is C18H21NO3. The smallest absolute Gasteiger partial charge is 0.339 e. The number of hydrogen-bond donors (Lipinski definition) is 0. The van der Waals surface area contributed by atoms with Gasteiger partial charge in [0.2, 0.25) is 5.88 Å². The zero-order valence-electron chi connectivity index (χ0n) is 13.4. The topological polar surface area (TPSA) is 48.4 Å². The number of pyridine rings is 1. The third-order valence-electron chi connectivity index (χ3n) is 3.19. The summed E-state index contributed by atoms with van der Waals surface area (Å²) in [5.41, 5.74) is 1.76. The molecule has 0 bridgehead atoms. The molecule has 0 radical (unpaired) electrons. The second kappa shape index (κ2) is 6.60. The maximum atomic E-state index is 11.5. The van der Waals surface area contributed by atoms with Gasteiger partial charge in [0, 0.05) is 12.3 Å². The van der Waals surface area contributed by atoms with Crippen molar-refractivity contribution in [3.63, 3.8) is 0 Å². The molecule has 0 atom stereocenters. The highest BCUT2D eigenvalue weighted by molar-refractivity contribution is 5.89. The number of carbonyl (C=O) groups excluding carboxylic acids is 1. The Balaban J connectivity index is 2.06. The molecule has 2 aromatic rings. The summed E-state index contributed by atoms with van der Waals surface area (Å²) >= 11 is 0. The van der Waals surface area contributed by atoms with Gasteiger partial charge in [0.25, 0.3) is 0 Å². The molecule has 2 rings (SSSR count). The summed E-state index contributed by atoms with van der Waals surface area (Å²) in [5, 5.41) is 0. The SMILES string of the molecule is CCOC(=O)c1ccc(Oc2ccc(C(C)(C)C)cc2)nc1. The van der Waals surface area contributed by atoms with Crippen molar-refractivity contribution < 1.29 is 14.3 Å². The van der Waals surface area contributed by atoms with E-state index in [1.807, 2.05) is 24.3 Å². The van der Waals surface area contributed by atoms with E-state index in [9.17, 15) is 4.79 Å². The minimum atomic E-state index is -0.379. The fourth-order valence-corrected chi connectivity index (χ4v) is 1.92. The minimum absolute atomic E-state index is 0.109. The van der Waals surface area contributed by atoms with E-state index in [-0.39, 0.29) is 11.4 Å². The van der Waals surface area contributed by atoms with E-state index < -0.39 is 0 Å². The Labute approximate surface area is 131 Å². The first kappa shape index (κ1) is 16.0. The summed E-state index contributed by atoms with van der Waals surface area (Å²) in [7, 11) is 0. The van der Waals surface area contributed by atoms with Crippen LogP contribution in [0.2, 0.25) is 0 Å². The lowest BCUT2D eigenvalue weighted by Gasteiger charge is -2.19. The number of carbonyl (C=O) groups is 1. The van der Waals surface area contributed by atoms with Gasteiger partial charge in [0.05, 0.1) is 12.2 Å². The first-order valence-corrected chi connectivity index (χ1v) is 7.31. The minimum Gasteiger partial charge on any atom is -0.462 e. The van der Waals surface area contributed by atoms with E-state index in [4.69, 9.17) is 9.47 Å². The van der Waals surface area contributed by atoms with Crippen LogP contribution in [0.15, 0.2) is 42.6 Å². The standard InChI is InChI=1S/C18H21NO3/c1-5-21-17(20)13-6-11-16(19-12-13)22-15-9-7-14(8-10-15)18(2,3)4/h6-12H,5H2,1-4H3. The molecule has 0 spiro atoms. The Morgan fingerprint density at radius 2 is 1.77 bits per heavy atom. The van der Waals surface area contributed by atoms with E-state index in [0.717, 1.165) is 0 Å². The summed E-state index contributed by atoms with van der Waals surface area (Å²) in [6, 6.07) is 11.2. The third-order valence-corrected chi connectivity index (χ3v) is 3.19. The summed E-state index contributed by atoms with van der Waals surface area (Å²) in [6.45, 7) is 8.61. The molecule has 1 aromatic heterocycles. The Hall–Kier alpha value is -2.36. The first-order valence-electron chi connectivity index (χ1n) is 7.31. The van der Waals surface area contributed by atoms with Crippen molar-refractivity contribution in [1.82, 2.24) is 4.98 Å². The molecule has 0 saturated heterocycles. The molecule has 0 unspecified atom stereocenters. The van der Waals surface area contributed by atoms with Gasteiger partial charge in [-0.2, -0.15) is 0 Å². The van der Waals surface area contributed by atoms with Crippen LogP contribution < -0.4 is 4.74 Å². The molecule has 22 heavy (non-hydrogen) atoms. The van der Waals surface area contributed by atoms with Crippen molar-refractivity contribution in [3.8, 4) is 11.6 Å². The molecular weight excluding hydrogens is 278 g/mol. The fraction of sp³-hybridized carbons (Fsp3) is 0.333. The molecule has 0 aliphatic heterocycles. The van der Waals surface area contributed by atoms with Crippen molar-refractivity contribution in [3.05, 3.63) is 53.7 Å². The number of aromatic nitrogens is 1. The van der Waals surface area contributed by atoms with Gasteiger partial charge in [0.15, 0.2) is 0 Å². The predicted molar refractivity (Wildman–Crippen MR) is 85.4 cm³/mol. The van der Waals surface area contributed by atoms with Gasteiger partial charge in [-0.15, -0.1) is 0 Å². The highest BCUT2D eigenvalue weighted by atomic mass is 16.5. The van der Waals surface area contributed by atoms with Crippen molar-refractivity contribution >= 4 is 5.97 Å². The van der Waals surface area contributed by atoms with E-state index in [1.54, 1.807) is 19.1 Å². The van der Waals surface area contributed by atoms with Crippen molar-refractivity contribution in [2.75, 3.05) is 6.61 Å². The molecule has 0 saturated carbocycles. The zero-order chi connectivity index (χ0) is 16.2. The molecule has 1 aromatic carbocycles. The average molecular weight is 299 g/mol. The van der Waals surface area contributed by atoms with Crippen molar-refractivity contribution in [2.45, 2.75) is 33.1 Å². The number of rotatable bonds is 4. The van der Waals surface area contributed by atoms with Crippen LogP contribution in [0.1, 0.15) is 43.6 Å². The maximum Gasteiger partial charge on any atom is 0.339 e. The Morgan fingerprint density at radius 1 is 1.09 bits per heavy atom. The maximum absolute atomic E-state index is 11.5. The van der Waals surface area contributed by atoms with Gasteiger partial charge in [-0.25, -0.2) is 9.78 Å². The lowest BCUT2D eigenvalue weighted by atomic mass is 9.87. The number of ether oxygens (including phenoxy) is 2. The van der Waals surface area contributed by atoms with E-state index in [2.05, 4.69) is 25.8 Å². The normalized spacial score (nSPS) is 11.1. The molecule has 1 heterocycles. The van der Waals surface area contributed by atoms with Gasteiger partial charge in [-0.3, -0.25) is 0 Å². The largest absolute Gasteiger partial charge is 0.462 e. The molecule has 4 nitrogen and oxygen atoms in total. The van der Waals surface area contributed by atoms with Crippen molar-refractivity contribution in [1.29, 1.82) is 0 Å². The first-order chi connectivity index (χ1) is 10.4. The van der Waals surface area contributed by atoms with Crippen LogP contribution in [0.25, 0.3) is 0 Å². The van der Waals surface area contributed by atoms with Crippen LogP contribution in [-0.2, 0) is 10.2 Å². The van der Waals surface area contributed by atoms with Gasteiger partial charge in [-0.05, 0) is 36.1 Å². The van der Waals surface area contributed by atoms with E-state index >= 15 is 0 Å².